The lowest BCUT2D eigenvalue weighted by Gasteiger charge is -2.15. The lowest BCUT2D eigenvalue weighted by atomic mass is 10.0. The number of hydrogen-bond donors (Lipinski definition) is 2. The molecule has 154 valence electrons. The first-order chi connectivity index (χ1) is 14.4. The van der Waals surface area contributed by atoms with E-state index in [1.165, 1.54) is 13.2 Å². The van der Waals surface area contributed by atoms with E-state index in [2.05, 4.69) is 11.9 Å². The van der Waals surface area contributed by atoms with Crippen LogP contribution >= 0.6 is 0 Å². The smallest absolute Gasteiger partial charge is 0.341 e. The lowest BCUT2D eigenvalue weighted by Crippen LogP contribution is -2.13. The second-order valence-corrected chi connectivity index (χ2v) is 6.38. The topological polar surface area (TPSA) is 109 Å². The Bertz CT molecular complexity index is 1020. The van der Waals surface area contributed by atoms with Crippen LogP contribution in [0.15, 0.2) is 54.6 Å². The molecule has 2 aromatic rings. The highest BCUT2D eigenvalue weighted by Crippen LogP contribution is 2.34. The molecule has 2 aromatic carbocycles. The number of aliphatic carboxylic acids is 1. The Labute approximate surface area is 174 Å². The summed E-state index contributed by atoms with van der Waals surface area (Å²) in [7, 11) is 1.42. The zero-order valence-electron chi connectivity index (χ0n) is 16.8. The number of amides is 1. The van der Waals surface area contributed by atoms with E-state index in [0.29, 0.717) is 23.2 Å². The lowest BCUT2D eigenvalue weighted by molar-refractivity contribution is -0.139. The van der Waals surface area contributed by atoms with Gasteiger partial charge in [-0.15, -0.1) is 6.58 Å². The third kappa shape index (κ3) is 5.97. The van der Waals surface area contributed by atoms with Crippen molar-refractivity contribution in [1.29, 1.82) is 5.26 Å². The molecule has 2 N–H and O–H groups in total. The highest BCUT2D eigenvalue weighted by molar-refractivity contribution is 6.09. The van der Waals surface area contributed by atoms with Crippen molar-refractivity contribution in [1.82, 2.24) is 0 Å². The zero-order chi connectivity index (χ0) is 22.1. The third-order valence-electron chi connectivity index (χ3n) is 4.06. The van der Waals surface area contributed by atoms with E-state index < -0.39 is 18.5 Å². The number of methoxy groups -OCH3 is 1. The molecule has 30 heavy (non-hydrogen) atoms. The molecule has 0 fully saturated rings. The Morgan fingerprint density at radius 1 is 1.27 bits per heavy atom. The summed E-state index contributed by atoms with van der Waals surface area (Å²) in [6.45, 7) is 5.10. The number of carboxylic acid groups (broad SMARTS) is 1. The molecule has 0 aromatic heterocycles. The highest BCUT2D eigenvalue weighted by Gasteiger charge is 2.15. The van der Waals surface area contributed by atoms with Crippen LogP contribution in [-0.4, -0.2) is 30.7 Å². The molecule has 7 nitrogen and oxygen atoms in total. The molecular formula is C23H22N2O5. The van der Waals surface area contributed by atoms with Gasteiger partial charge in [0.25, 0.3) is 5.91 Å². The van der Waals surface area contributed by atoms with Gasteiger partial charge >= 0.3 is 5.97 Å². The van der Waals surface area contributed by atoms with E-state index in [-0.39, 0.29) is 17.1 Å². The van der Waals surface area contributed by atoms with Crippen molar-refractivity contribution in [3.63, 3.8) is 0 Å². The van der Waals surface area contributed by atoms with Gasteiger partial charge in [-0.05, 0) is 49.2 Å². The fourth-order valence-corrected chi connectivity index (χ4v) is 2.67. The molecule has 0 spiro atoms. The van der Waals surface area contributed by atoms with E-state index in [4.69, 9.17) is 14.6 Å². The van der Waals surface area contributed by atoms with E-state index in [1.54, 1.807) is 30.3 Å². The molecule has 1 amide bonds. The van der Waals surface area contributed by atoms with Crippen molar-refractivity contribution in [2.45, 2.75) is 13.3 Å². The fraction of sp³-hybridized carbons (Fsp3) is 0.174. The van der Waals surface area contributed by atoms with Crippen LogP contribution in [0.25, 0.3) is 6.08 Å². The number of rotatable bonds is 9. The van der Waals surface area contributed by atoms with Crippen LogP contribution in [0.4, 0.5) is 5.69 Å². The molecule has 0 heterocycles. The molecule has 0 saturated heterocycles. The van der Waals surface area contributed by atoms with Crippen LogP contribution in [0.2, 0.25) is 0 Å². The monoisotopic (exact) mass is 406 g/mol. The third-order valence-corrected chi connectivity index (χ3v) is 4.06. The van der Waals surface area contributed by atoms with Crippen molar-refractivity contribution < 1.29 is 24.2 Å². The van der Waals surface area contributed by atoms with Gasteiger partial charge in [0.2, 0.25) is 0 Å². The van der Waals surface area contributed by atoms with E-state index in [1.807, 2.05) is 25.1 Å². The predicted molar refractivity (Wildman–Crippen MR) is 113 cm³/mol. The molecular weight excluding hydrogens is 384 g/mol. The van der Waals surface area contributed by atoms with Crippen molar-refractivity contribution in [2.75, 3.05) is 19.0 Å². The number of allylic oxidation sites excluding steroid dienone is 1. The number of nitrogens with one attached hydrogen (secondary N) is 1. The van der Waals surface area contributed by atoms with Gasteiger partial charge in [-0.25, -0.2) is 4.79 Å². The van der Waals surface area contributed by atoms with Crippen LogP contribution < -0.4 is 14.8 Å². The summed E-state index contributed by atoms with van der Waals surface area (Å²) in [5.74, 6) is -1.10. The maximum absolute atomic E-state index is 12.5. The maximum atomic E-state index is 12.5. The maximum Gasteiger partial charge on any atom is 0.341 e. The van der Waals surface area contributed by atoms with Gasteiger partial charge in [0.15, 0.2) is 18.1 Å². The minimum atomic E-state index is -1.12. The SMILES string of the molecule is C=CCc1cc(/C=C(/C#N)C(=O)Nc2ccc(C)cc2)cc(OC)c1OCC(=O)O. The number of nitriles is 1. The average molecular weight is 406 g/mol. The van der Waals surface area contributed by atoms with Gasteiger partial charge in [-0.3, -0.25) is 4.79 Å². The van der Waals surface area contributed by atoms with Gasteiger partial charge in [-0.2, -0.15) is 5.26 Å². The number of carbonyl (C=O) groups is 2. The van der Waals surface area contributed by atoms with Gasteiger partial charge in [0.05, 0.1) is 7.11 Å². The second-order valence-electron chi connectivity index (χ2n) is 6.38. The average Bonchev–Trinajstić information content (AvgIpc) is 2.72. The largest absolute Gasteiger partial charge is 0.493 e. The molecule has 0 radical (unpaired) electrons. The second kappa shape index (κ2) is 10.5. The van der Waals surface area contributed by atoms with Crippen molar-refractivity contribution in [3.05, 3.63) is 71.3 Å². The molecule has 0 aliphatic heterocycles. The zero-order valence-corrected chi connectivity index (χ0v) is 16.8. The summed E-state index contributed by atoms with van der Waals surface area (Å²) in [4.78, 5) is 23.4. The predicted octanol–water partition coefficient (Wildman–Crippen LogP) is 3.74. The summed E-state index contributed by atoms with van der Waals surface area (Å²) in [5.41, 5.74) is 2.68. The molecule has 7 heteroatoms. The Kier molecular flexibility index (Phi) is 7.77. The quantitative estimate of drug-likeness (QED) is 0.373. The number of anilines is 1. The fourth-order valence-electron chi connectivity index (χ4n) is 2.67. The summed E-state index contributed by atoms with van der Waals surface area (Å²) in [6.07, 6.45) is 3.44. The van der Waals surface area contributed by atoms with Crippen molar-refractivity contribution in [3.8, 4) is 17.6 Å². The number of aryl methyl sites for hydroxylation is 1. The number of hydrogen-bond acceptors (Lipinski definition) is 5. The summed E-state index contributed by atoms with van der Waals surface area (Å²) < 4.78 is 10.7. The number of benzene rings is 2. The molecule has 0 bridgehead atoms. The number of nitrogens with zero attached hydrogens (tertiary/aromatic N) is 1. The minimum absolute atomic E-state index is 0.0959. The molecule has 0 saturated carbocycles. The van der Waals surface area contributed by atoms with E-state index >= 15 is 0 Å². The highest BCUT2D eigenvalue weighted by atomic mass is 16.5. The van der Waals surface area contributed by atoms with Crippen LogP contribution in [0.5, 0.6) is 11.5 Å². The number of carbonyl (C=O) groups excluding carboxylic acids is 1. The van der Waals surface area contributed by atoms with Gasteiger partial charge < -0.3 is 19.9 Å². The van der Waals surface area contributed by atoms with E-state index in [9.17, 15) is 14.9 Å². The van der Waals surface area contributed by atoms with Gasteiger partial charge in [0.1, 0.15) is 11.6 Å². The normalized spacial score (nSPS) is 10.6. The van der Waals surface area contributed by atoms with E-state index in [0.717, 1.165) is 5.56 Å². The molecule has 2 rings (SSSR count). The van der Waals surface area contributed by atoms with Crippen LogP contribution in [-0.2, 0) is 16.0 Å². The number of ether oxygens (including phenoxy) is 2. The molecule has 0 unspecified atom stereocenters. The Balaban J connectivity index is 2.38. The first-order valence-corrected chi connectivity index (χ1v) is 9.04. The summed E-state index contributed by atoms with van der Waals surface area (Å²) >= 11 is 0. The minimum Gasteiger partial charge on any atom is -0.493 e. The summed E-state index contributed by atoms with van der Waals surface area (Å²) in [6, 6.07) is 12.4. The first kappa shape index (κ1) is 22.2. The van der Waals surface area contributed by atoms with Crippen molar-refractivity contribution in [2.24, 2.45) is 0 Å². The molecule has 0 aliphatic rings. The van der Waals surface area contributed by atoms with Gasteiger partial charge in [-0.1, -0.05) is 23.8 Å². The summed E-state index contributed by atoms with van der Waals surface area (Å²) in [5, 5.41) is 21.0. The molecule has 0 atom stereocenters. The van der Waals surface area contributed by atoms with Gasteiger partial charge in [0, 0.05) is 11.3 Å². The van der Waals surface area contributed by atoms with Crippen LogP contribution in [0, 0.1) is 18.3 Å². The first-order valence-electron chi connectivity index (χ1n) is 9.04. The Morgan fingerprint density at radius 2 is 1.97 bits per heavy atom. The van der Waals surface area contributed by atoms with Crippen molar-refractivity contribution >= 4 is 23.6 Å². The molecule has 0 aliphatic carbocycles. The number of carboxylic acids is 1. The Hall–Kier alpha value is -4.05. The Morgan fingerprint density at radius 3 is 2.53 bits per heavy atom. The van der Waals surface area contributed by atoms with Crippen LogP contribution in [0.3, 0.4) is 0 Å². The standard InChI is InChI=1S/C23H22N2O5/c1-4-5-17-10-16(12-20(29-3)22(17)30-14-21(26)27)11-18(13-24)23(28)25-19-8-6-15(2)7-9-19/h4,6-12H,1,5,14H2,2-3H3,(H,25,28)(H,26,27)/b18-11-. The van der Waals surface area contributed by atoms with Crippen LogP contribution in [0.1, 0.15) is 16.7 Å².